The van der Waals surface area contributed by atoms with E-state index in [0.717, 1.165) is 31.1 Å². The van der Waals surface area contributed by atoms with Gasteiger partial charge in [-0.25, -0.2) is 4.79 Å². The summed E-state index contributed by atoms with van der Waals surface area (Å²) in [5.41, 5.74) is 0.946. The summed E-state index contributed by atoms with van der Waals surface area (Å²) in [6.07, 6.45) is 6.49. The molecule has 92 valence electrons. The molecule has 3 nitrogen and oxygen atoms in total. The highest BCUT2D eigenvalue weighted by Gasteiger charge is 2.18. The first-order chi connectivity index (χ1) is 7.61. The molecule has 1 aliphatic rings. The highest BCUT2D eigenvalue weighted by atomic mass is 16.4. The maximum Gasteiger partial charge on any atom is 0.328 e. The molecule has 1 fully saturated rings. The smallest absolute Gasteiger partial charge is 0.328 e. The number of piperidine rings is 1. The first-order valence-electron chi connectivity index (χ1n) is 6.24. The van der Waals surface area contributed by atoms with Gasteiger partial charge in [0.15, 0.2) is 0 Å². The van der Waals surface area contributed by atoms with Crippen LogP contribution in [0.5, 0.6) is 0 Å². The third-order valence-corrected chi connectivity index (χ3v) is 3.25. The molecule has 0 unspecified atom stereocenters. The van der Waals surface area contributed by atoms with Crippen LogP contribution >= 0.6 is 0 Å². The fraction of sp³-hybridized carbons (Fsp3) is 0.769. The summed E-state index contributed by atoms with van der Waals surface area (Å²) < 4.78 is 0. The summed E-state index contributed by atoms with van der Waals surface area (Å²) in [7, 11) is 0. The monoisotopic (exact) mass is 225 g/mol. The molecular formula is C13H23NO2. The molecule has 3 heteroatoms. The summed E-state index contributed by atoms with van der Waals surface area (Å²) >= 11 is 0. The number of hydrogen-bond donors (Lipinski definition) is 1. The number of nitrogens with zero attached hydrogens (tertiary/aromatic N) is 1. The molecule has 0 aliphatic carbocycles. The fourth-order valence-electron chi connectivity index (χ4n) is 2.45. The minimum absolute atomic E-state index is 0.811. The third-order valence-electron chi connectivity index (χ3n) is 3.25. The van der Waals surface area contributed by atoms with E-state index in [1.807, 2.05) is 6.92 Å². The summed E-state index contributed by atoms with van der Waals surface area (Å²) in [6.45, 7) is 7.19. The first kappa shape index (κ1) is 13.2. The Morgan fingerprint density at radius 2 is 2.06 bits per heavy atom. The second kappa shape index (κ2) is 6.69. The van der Waals surface area contributed by atoms with Gasteiger partial charge in [0, 0.05) is 12.6 Å². The van der Waals surface area contributed by atoms with Crippen LogP contribution in [0.4, 0.5) is 0 Å². The topological polar surface area (TPSA) is 40.5 Å². The number of carbonyl (C=O) groups is 1. The van der Waals surface area contributed by atoms with Crippen LogP contribution in [0.3, 0.4) is 0 Å². The van der Waals surface area contributed by atoms with Crippen molar-refractivity contribution in [2.45, 2.75) is 39.5 Å². The van der Waals surface area contributed by atoms with Crippen molar-refractivity contribution >= 4 is 5.97 Å². The molecule has 1 rings (SSSR count). The van der Waals surface area contributed by atoms with E-state index < -0.39 is 5.97 Å². The van der Waals surface area contributed by atoms with Crippen molar-refractivity contribution in [3.63, 3.8) is 0 Å². The average Bonchev–Trinajstić information content (AvgIpc) is 2.20. The van der Waals surface area contributed by atoms with Crippen LogP contribution in [0.2, 0.25) is 0 Å². The molecule has 0 aromatic carbocycles. The lowest BCUT2D eigenvalue weighted by atomic mass is 9.92. The van der Waals surface area contributed by atoms with E-state index >= 15 is 0 Å². The molecule has 16 heavy (non-hydrogen) atoms. The van der Waals surface area contributed by atoms with E-state index in [-0.39, 0.29) is 0 Å². The number of rotatable bonds is 5. The van der Waals surface area contributed by atoms with Gasteiger partial charge in [-0.15, -0.1) is 0 Å². The Balaban J connectivity index is 2.29. The van der Waals surface area contributed by atoms with Crippen molar-refractivity contribution in [3.05, 3.63) is 11.6 Å². The van der Waals surface area contributed by atoms with Crippen LogP contribution < -0.4 is 0 Å². The zero-order valence-electron chi connectivity index (χ0n) is 10.4. The minimum Gasteiger partial charge on any atom is -0.478 e. The molecule has 1 heterocycles. The van der Waals surface area contributed by atoms with Crippen molar-refractivity contribution in [2.75, 3.05) is 19.6 Å². The molecule has 0 spiro atoms. The predicted octanol–water partition coefficient (Wildman–Crippen LogP) is 2.53. The largest absolute Gasteiger partial charge is 0.478 e. The Labute approximate surface area is 98.1 Å². The number of hydrogen-bond acceptors (Lipinski definition) is 2. The van der Waals surface area contributed by atoms with Crippen molar-refractivity contribution in [1.82, 2.24) is 4.90 Å². The lowest BCUT2D eigenvalue weighted by molar-refractivity contribution is -0.131. The van der Waals surface area contributed by atoms with Crippen LogP contribution in [-0.2, 0) is 4.79 Å². The van der Waals surface area contributed by atoms with Gasteiger partial charge in [0.25, 0.3) is 0 Å². The molecule has 0 saturated carbocycles. The van der Waals surface area contributed by atoms with E-state index in [1.54, 1.807) is 0 Å². The van der Waals surface area contributed by atoms with Gasteiger partial charge in [0.1, 0.15) is 0 Å². The maximum absolute atomic E-state index is 10.5. The molecule has 0 aromatic heterocycles. The quantitative estimate of drug-likeness (QED) is 0.731. The first-order valence-corrected chi connectivity index (χ1v) is 6.24. The van der Waals surface area contributed by atoms with Crippen LogP contribution in [0.25, 0.3) is 0 Å². The lowest BCUT2D eigenvalue weighted by Gasteiger charge is -2.31. The van der Waals surface area contributed by atoms with Gasteiger partial charge < -0.3 is 5.11 Å². The van der Waals surface area contributed by atoms with Gasteiger partial charge in [-0.3, -0.25) is 4.90 Å². The van der Waals surface area contributed by atoms with Gasteiger partial charge in [-0.05, 0) is 38.8 Å². The minimum atomic E-state index is -0.835. The van der Waals surface area contributed by atoms with Crippen molar-refractivity contribution in [1.29, 1.82) is 0 Å². The second-order valence-corrected chi connectivity index (χ2v) is 4.84. The molecule has 0 bridgehead atoms. The number of carboxylic acid groups (broad SMARTS) is 1. The van der Waals surface area contributed by atoms with Crippen molar-refractivity contribution in [3.8, 4) is 0 Å². The lowest BCUT2D eigenvalue weighted by Crippen LogP contribution is -2.34. The molecule has 1 N–H and O–H groups in total. The highest BCUT2D eigenvalue weighted by molar-refractivity contribution is 5.80. The molecule has 1 saturated heterocycles. The molecule has 1 aliphatic heterocycles. The van der Waals surface area contributed by atoms with Gasteiger partial charge in [-0.1, -0.05) is 25.3 Å². The number of carboxylic acids is 1. The van der Waals surface area contributed by atoms with Crippen molar-refractivity contribution < 1.29 is 9.90 Å². The summed E-state index contributed by atoms with van der Waals surface area (Å²) in [5, 5.41) is 8.63. The highest BCUT2D eigenvalue weighted by Crippen LogP contribution is 2.21. The van der Waals surface area contributed by atoms with Gasteiger partial charge in [-0.2, -0.15) is 0 Å². The summed E-state index contributed by atoms with van der Waals surface area (Å²) in [6, 6.07) is 0. The fourth-order valence-corrected chi connectivity index (χ4v) is 2.45. The molecule has 0 radical (unpaired) electrons. The van der Waals surface area contributed by atoms with Crippen LogP contribution in [-0.4, -0.2) is 35.6 Å². The molecule has 0 amide bonds. The molecule has 0 aromatic rings. The Kier molecular flexibility index (Phi) is 5.53. The van der Waals surface area contributed by atoms with E-state index in [9.17, 15) is 4.79 Å². The van der Waals surface area contributed by atoms with Crippen LogP contribution in [0.1, 0.15) is 39.5 Å². The average molecular weight is 225 g/mol. The number of likely N-dealkylation sites (tertiary alicyclic amines) is 1. The van der Waals surface area contributed by atoms with E-state index in [1.165, 1.54) is 31.8 Å². The molecular weight excluding hydrogens is 202 g/mol. The van der Waals surface area contributed by atoms with Gasteiger partial charge in [0.2, 0.25) is 0 Å². The van der Waals surface area contributed by atoms with Gasteiger partial charge in [0.05, 0.1) is 0 Å². The zero-order chi connectivity index (χ0) is 12.0. The third kappa shape index (κ3) is 4.79. The Morgan fingerprint density at radius 1 is 1.44 bits per heavy atom. The normalized spacial score (nSPS) is 20.0. The van der Waals surface area contributed by atoms with E-state index in [2.05, 4.69) is 11.8 Å². The predicted molar refractivity (Wildman–Crippen MR) is 65.5 cm³/mol. The SMILES string of the molecule is CCCC1CCN(CC(C)=CC(=O)O)CC1. The Hall–Kier alpha value is -0.830. The molecule has 0 atom stereocenters. The zero-order valence-corrected chi connectivity index (χ0v) is 10.4. The Morgan fingerprint density at radius 3 is 2.56 bits per heavy atom. The maximum atomic E-state index is 10.5. The summed E-state index contributed by atoms with van der Waals surface area (Å²) in [5.74, 6) is 0.0587. The van der Waals surface area contributed by atoms with Crippen LogP contribution in [0, 0.1) is 5.92 Å². The number of aliphatic carboxylic acids is 1. The standard InChI is InChI=1S/C13H23NO2/c1-3-4-12-5-7-14(8-6-12)10-11(2)9-13(15)16/h9,12H,3-8,10H2,1-2H3,(H,15,16). The Bertz CT molecular complexity index is 253. The van der Waals surface area contributed by atoms with Crippen LogP contribution in [0.15, 0.2) is 11.6 Å². The second-order valence-electron chi connectivity index (χ2n) is 4.84. The summed E-state index contributed by atoms with van der Waals surface area (Å²) in [4.78, 5) is 12.9. The van der Waals surface area contributed by atoms with Crippen molar-refractivity contribution in [2.24, 2.45) is 5.92 Å². The van der Waals surface area contributed by atoms with E-state index in [4.69, 9.17) is 5.11 Å². The van der Waals surface area contributed by atoms with E-state index in [0.29, 0.717) is 0 Å². The van der Waals surface area contributed by atoms with Gasteiger partial charge >= 0.3 is 5.97 Å².